The normalized spacial score (nSPS) is 11.2. The summed E-state index contributed by atoms with van der Waals surface area (Å²) < 4.78 is 37.0. The number of pyridine rings is 2. The Morgan fingerprint density at radius 3 is 2.10 bits per heavy atom. The third-order valence-corrected chi connectivity index (χ3v) is 2.49. The minimum Gasteiger partial charge on any atom is -0.368 e. The fraction of sp³-hybridized carbons (Fsp3) is 0.231. The molecule has 0 aliphatic heterocycles. The Bertz CT molecular complexity index is 526. The molecule has 106 valence electrons. The Labute approximate surface area is 114 Å². The van der Waals surface area contributed by atoms with Gasteiger partial charge in [-0.25, -0.2) is 9.97 Å². The van der Waals surface area contributed by atoms with Crippen LogP contribution in [0.1, 0.15) is 5.56 Å². The zero-order chi connectivity index (χ0) is 14.4. The van der Waals surface area contributed by atoms with Crippen LogP contribution in [0, 0.1) is 0 Å². The van der Waals surface area contributed by atoms with Crippen molar-refractivity contribution in [3.63, 3.8) is 0 Å². The summed E-state index contributed by atoms with van der Waals surface area (Å²) in [6.45, 7) is 1.11. The number of rotatable bonds is 5. The van der Waals surface area contributed by atoms with Gasteiger partial charge in [-0.05, 0) is 24.3 Å². The second kappa shape index (κ2) is 6.23. The minimum atomic E-state index is -4.36. The van der Waals surface area contributed by atoms with Crippen LogP contribution in [0.2, 0.25) is 0 Å². The van der Waals surface area contributed by atoms with Gasteiger partial charge in [0.2, 0.25) is 0 Å². The van der Waals surface area contributed by atoms with Gasteiger partial charge >= 0.3 is 6.18 Å². The molecule has 2 aromatic rings. The lowest BCUT2D eigenvalue weighted by Gasteiger charge is -2.09. The van der Waals surface area contributed by atoms with E-state index in [1.807, 2.05) is 18.2 Å². The van der Waals surface area contributed by atoms with Gasteiger partial charge in [-0.3, -0.25) is 0 Å². The molecule has 0 saturated heterocycles. The van der Waals surface area contributed by atoms with E-state index in [9.17, 15) is 13.2 Å². The van der Waals surface area contributed by atoms with Crippen LogP contribution in [0.3, 0.4) is 0 Å². The summed E-state index contributed by atoms with van der Waals surface area (Å²) in [7, 11) is 0. The van der Waals surface area contributed by atoms with Gasteiger partial charge in [0.05, 0.1) is 5.56 Å². The van der Waals surface area contributed by atoms with E-state index in [0.29, 0.717) is 18.9 Å². The Kier molecular flexibility index (Phi) is 4.39. The van der Waals surface area contributed by atoms with Crippen molar-refractivity contribution in [1.29, 1.82) is 0 Å². The van der Waals surface area contributed by atoms with Crippen molar-refractivity contribution in [1.82, 2.24) is 9.97 Å². The molecule has 2 heterocycles. The molecule has 4 nitrogen and oxygen atoms in total. The van der Waals surface area contributed by atoms with E-state index in [-0.39, 0.29) is 0 Å². The molecule has 0 radical (unpaired) electrons. The van der Waals surface area contributed by atoms with E-state index in [1.54, 1.807) is 6.20 Å². The minimum absolute atomic E-state index is 0.404. The zero-order valence-electron chi connectivity index (χ0n) is 10.5. The smallest absolute Gasteiger partial charge is 0.368 e. The first-order valence-corrected chi connectivity index (χ1v) is 5.98. The summed E-state index contributed by atoms with van der Waals surface area (Å²) in [4.78, 5) is 7.80. The SMILES string of the molecule is FC(F)(F)c1ccc(NCCNc2ccccn2)nc1. The third-order valence-electron chi connectivity index (χ3n) is 2.49. The zero-order valence-corrected chi connectivity index (χ0v) is 10.5. The van der Waals surface area contributed by atoms with Crippen molar-refractivity contribution in [3.05, 3.63) is 48.3 Å². The standard InChI is InChI=1S/C13H13F3N4/c14-13(15,16)10-4-5-12(20-9-10)19-8-7-18-11-3-1-2-6-17-11/h1-6,9H,7-8H2,(H,17,18)(H,19,20). The van der Waals surface area contributed by atoms with Crippen LogP contribution in [-0.2, 0) is 6.18 Å². The summed E-state index contributed by atoms with van der Waals surface area (Å²) in [5.41, 5.74) is -0.755. The molecule has 0 bridgehead atoms. The molecule has 0 amide bonds. The van der Waals surface area contributed by atoms with Gasteiger partial charge in [0.25, 0.3) is 0 Å². The molecule has 0 aliphatic rings. The van der Waals surface area contributed by atoms with Crippen LogP contribution in [0.5, 0.6) is 0 Å². The van der Waals surface area contributed by atoms with Crippen molar-refractivity contribution in [2.75, 3.05) is 23.7 Å². The summed E-state index contributed by atoms with van der Waals surface area (Å²) in [6.07, 6.45) is -1.87. The Morgan fingerprint density at radius 1 is 0.900 bits per heavy atom. The molecular weight excluding hydrogens is 269 g/mol. The molecule has 0 fully saturated rings. The molecule has 2 N–H and O–H groups in total. The van der Waals surface area contributed by atoms with Gasteiger partial charge in [-0.2, -0.15) is 13.2 Å². The second-order valence-electron chi connectivity index (χ2n) is 4.00. The van der Waals surface area contributed by atoms with E-state index >= 15 is 0 Å². The number of anilines is 2. The van der Waals surface area contributed by atoms with Crippen molar-refractivity contribution in [2.24, 2.45) is 0 Å². The van der Waals surface area contributed by atoms with Gasteiger partial charge in [-0.1, -0.05) is 6.07 Å². The summed E-state index contributed by atoms with van der Waals surface area (Å²) >= 11 is 0. The molecule has 0 unspecified atom stereocenters. The predicted octanol–water partition coefficient (Wildman–Crippen LogP) is 3.02. The van der Waals surface area contributed by atoms with Crippen molar-refractivity contribution in [2.45, 2.75) is 6.18 Å². The number of hydrogen-bond acceptors (Lipinski definition) is 4. The van der Waals surface area contributed by atoms with Crippen LogP contribution >= 0.6 is 0 Å². The maximum absolute atomic E-state index is 12.3. The second-order valence-corrected chi connectivity index (χ2v) is 4.00. The monoisotopic (exact) mass is 282 g/mol. The lowest BCUT2D eigenvalue weighted by Crippen LogP contribution is -2.15. The van der Waals surface area contributed by atoms with Gasteiger partial charge in [-0.15, -0.1) is 0 Å². The number of nitrogens with one attached hydrogen (secondary N) is 2. The van der Waals surface area contributed by atoms with E-state index < -0.39 is 11.7 Å². The van der Waals surface area contributed by atoms with E-state index in [1.165, 1.54) is 6.07 Å². The van der Waals surface area contributed by atoms with Gasteiger partial charge in [0.1, 0.15) is 11.6 Å². The quantitative estimate of drug-likeness (QED) is 0.828. The van der Waals surface area contributed by atoms with E-state index in [0.717, 1.165) is 18.1 Å². The van der Waals surface area contributed by atoms with Gasteiger partial charge in [0.15, 0.2) is 0 Å². The highest BCUT2D eigenvalue weighted by Gasteiger charge is 2.30. The molecule has 0 saturated carbocycles. The first kappa shape index (κ1) is 14.1. The van der Waals surface area contributed by atoms with E-state index in [4.69, 9.17) is 0 Å². The summed E-state index contributed by atoms with van der Waals surface area (Å²) in [6, 6.07) is 7.82. The summed E-state index contributed by atoms with van der Waals surface area (Å²) in [5, 5.41) is 5.99. The first-order valence-electron chi connectivity index (χ1n) is 5.98. The molecule has 7 heteroatoms. The average molecular weight is 282 g/mol. The van der Waals surface area contributed by atoms with Crippen LogP contribution in [0.15, 0.2) is 42.7 Å². The maximum Gasteiger partial charge on any atom is 0.417 e. The number of alkyl halides is 3. The lowest BCUT2D eigenvalue weighted by molar-refractivity contribution is -0.137. The number of halogens is 3. The Balaban J connectivity index is 1.77. The molecular formula is C13H13F3N4. The molecule has 0 aromatic carbocycles. The summed E-state index contributed by atoms with van der Waals surface area (Å²) in [5.74, 6) is 1.15. The van der Waals surface area contributed by atoms with Crippen LogP contribution in [-0.4, -0.2) is 23.1 Å². The molecule has 0 spiro atoms. The number of nitrogens with zero attached hydrogens (tertiary/aromatic N) is 2. The fourth-order valence-electron chi connectivity index (χ4n) is 1.51. The molecule has 2 aromatic heterocycles. The fourth-order valence-corrected chi connectivity index (χ4v) is 1.51. The van der Waals surface area contributed by atoms with Crippen molar-refractivity contribution >= 4 is 11.6 Å². The lowest BCUT2D eigenvalue weighted by atomic mass is 10.3. The Morgan fingerprint density at radius 2 is 1.60 bits per heavy atom. The maximum atomic E-state index is 12.3. The molecule has 0 atom stereocenters. The molecule has 20 heavy (non-hydrogen) atoms. The highest BCUT2D eigenvalue weighted by Crippen LogP contribution is 2.28. The molecule has 2 rings (SSSR count). The van der Waals surface area contributed by atoms with Crippen LogP contribution in [0.25, 0.3) is 0 Å². The van der Waals surface area contributed by atoms with Crippen LogP contribution < -0.4 is 10.6 Å². The first-order chi connectivity index (χ1) is 9.55. The van der Waals surface area contributed by atoms with E-state index in [2.05, 4.69) is 20.6 Å². The topological polar surface area (TPSA) is 49.8 Å². The predicted molar refractivity (Wildman–Crippen MR) is 70.5 cm³/mol. The largest absolute Gasteiger partial charge is 0.417 e. The number of aromatic nitrogens is 2. The van der Waals surface area contributed by atoms with Crippen molar-refractivity contribution < 1.29 is 13.2 Å². The highest BCUT2D eigenvalue weighted by molar-refractivity contribution is 5.37. The molecule has 0 aliphatic carbocycles. The van der Waals surface area contributed by atoms with Gasteiger partial charge < -0.3 is 10.6 Å². The Hall–Kier alpha value is -2.31. The number of hydrogen-bond donors (Lipinski definition) is 2. The van der Waals surface area contributed by atoms with Gasteiger partial charge in [0, 0.05) is 25.5 Å². The van der Waals surface area contributed by atoms with Crippen molar-refractivity contribution in [3.8, 4) is 0 Å². The third kappa shape index (κ3) is 4.11. The van der Waals surface area contributed by atoms with Crippen LogP contribution in [0.4, 0.5) is 24.8 Å². The highest BCUT2D eigenvalue weighted by atomic mass is 19.4. The average Bonchev–Trinajstić information content (AvgIpc) is 2.44.